The van der Waals surface area contributed by atoms with Gasteiger partial charge in [-0.1, -0.05) is 233 Å². The zero-order valence-electron chi connectivity index (χ0n) is 44.8. The summed E-state index contributed by atoms with van der Waals surface area (Å²) in [5, 5.41) is 0. The average molecular weight is 958 g/mol. The van der Waals surface area contributed by atoms with E-state index in [1.165, 1.54) is 89.9 Å². The van der Waals surface area contributed by atoms with E-state index in [1.807, 2.05) is 0 Å². The first-order chi connectivity index (χ1) is 34.0. The van der Waals surface area contributed by atoms with Gasteiger partial charge in [0.1, 0.15) is 13.2 Å². The first-order valence-electron chi connectivity index (χ1n) is 28.4. The van der Waals surface area contributed by atoms with E-state index < -0.39 is 6.10 Å². The second kappa shape index (κ2) is 56.7. The Hall–Kier alpha value is -3.93. The van der Waals surface area contributed by atoms with Gasteiger partial charge < -0.3 is 14.2 Å². The molecule has 69 heavy (non-hydrogen) atoms. The van der Waals surface area contributed by atoms with Crippen LogP contribution in [-0.2, 0) is 28.6 Å². The molecule has 0 aromatic heterocycles. The van der Waals surface area contributed by atoms with E-state index in [1.54, 1.807) is 0 Å². The molecule has 0 heterocycles. The van der Waals surface area contributed by atoms with Crippen LogP contribution in [0.5, 0.6) is 0 Å². The molecule has 0 aromatic carbocycles. The average Bonchev–Trinajstić information content (AvgIpc) is 3.35. The Morgan fingerprint density at radius 1 is 0.304 bits per heavy atom. The molecule has 0 unspecified atom stereocenters. The molecule has 0 aliphatic heterocycles. The standard InChI is InChI=1S/C63H104O6/c1-4-7-10-13-16-19-22-25-27-29-31-33-35-38-41-44-47-50-53-56-62(65)68-59-60(58-67-61(64)55-52-49-46-43-40-37-24-21-18-15-12-9-6-3)69-63(66)57-54-51-48-45-42-39-36-34-32-30-28-26-23-20-17-14-11-8-5-2/h8,11,16-17,19-20,25-28,31-34,38-39,41-42,60H,4-7,9-10,12-15,18,21-24,29-30,35-37,40,43-59H2,1-3H3/b11-8-,19-16-,20-17-,27-25-,28-26-,33-31-,34-32-,41-38-,42-39-/t60-/m0/s1. The summed E-state index contributed by atoms with van der Waals surface area (Å²) >= 11 is 0. The van der Waals surface area contributed by atoms with E-state index in [0.29, 0.717) is 12.8 Å². The molecule has 0 fully saturated rings. The van der Waals surface area contributed by atoms with Crippen molar-refractivity contribution in [3.8, 4) is 0 Å². The van der Waals surface area contributed by atoms with Crippen LogP contribution in [0.1, 0.15) is 252 Å². The van der Waals surface area contributed by atoms with Gasteiger partial charge in [0.2, 0.25) is 0 Å². The fourth-order valence-electron chi connectivity index (χ4n) is 7.51. The fourth-order valence-corrected chi connectivity index (χ4v) is 7.51. The van der Waals surface area contributed by atoms with E-state index in [2.05, 4.69) is 130 Å². The summed E-state index contributed by atoms with van der Waals surface area (Å²) in [5.41, 5.74) is 0. The molecule has 0 rings (SSSR count). The molecule has 1 atom stereocenters. The molecular weight excluding hydrogens is 853 g/mol. The maximum Gasteiger partial charge on any atom is 0.306 e. The van der Waals surface area contributed by atoms with Gasteiger partial charge in [-0.05, 0) is 109 Å². The Labute approximate surface area is 425 Å². The maximum absolute atomic E-state index is 12.8. The van der Waals surface area contributed by atoms with Crippen molar-refractivity contribution < 1.29 is 28.6 Å². The second-order valence-electron chi connectivity index (χ2n) is 18.5. The van der Waals surface area contributed by atoms with E-state index in [4.69, 9.17) is 14.2 Å². The number of unbranched alkanes of at least 4 members (excludes halogenated alkanes) is 21. The largest absolute Gasteiger partial charge is 0.462 e. The summed E-state index contributed by atoms with van der Waals surface area (Å²) in [5.74, 6) is -0.966. The molecule has 0 saturated heterocycles. The Morgan fingerprint density at radius 2 is 0.565 bits per heavy atom. The Morgan fingerprint density at radius 3 is 0.913 bits per heavy atom. The highest BCUT2D eigenvalue weighted by Crippen LogP contribution is 2.14. The second-order valence-corrected chi connectivity index (χ2v) is 18.5. The summed E-state index contributed by atoms with van der Waals surface area (Å²) < 4.78 is 16.8. The molecule has 0 N–H and O–H groups in total. The van der Waals surface area contributed by atoms with Gasteiger partial charge in [-0.3, -0.25) is 14.4 Å². The van der Waals surface area contributed by atoms with Crippen molar-refractivity contribution >= 4 is 17.9 Å². The lowest BCUT2D eigenvalue weighted by atomic mass is 10.0. The van der Waals surface area contributed by atoms with E-state index in [9.17, 15) is 14.4 Å². The van der Waals surface area contributed by atoms with Crippen LogP contribution in [0, 0.1) is 0 Å². The molecule has 0 aliphatic rings. The highest BCUT2D eigenvalue weighted by molar-refractivity contribution is 5.71. The zero-order chi connectivity index (χ0) is 50.0. The fraction of sp³-hybridized carbons (Fsp3) is 0.667. The summed E-state index contributed by atoms with van der Waals surface area (Å²) in [7, 11) is 0. The number of hydrogen-bond donors (Lipinski definition) is 0. The number of allylic oxidation sites excluding steroid dienone is 18. The lowest BCUT2D eigenvalue weighted by molar-refractivity contribution is -0.167. The maximum atomic E-state index is 12.8. The number of ether oxygens (including phenoxy) is 3. The third kappa shape index (κ3) is 54.9. The summed E-state index contributed by atoms with van der Waals surface area (Å²) in [6.45, 7) is 6.44. The SMILES string of the molecule is CC/C=C\C/C=C\C/C=C\C/C=C\C/C=C\CCCCCC(=O)O[C@H](COC(=O)CCCCC/C=C\C/C=C\C/C=C\C/C=C\CCCCC)COC(=O)CCCCCCCCCCCCCCC. The van der Waals surface area contributed by atoms with Gasteiger partial charge in [-0.25, -0.2) is 0 Å². The van der Waals surface area contributed by atoms with E-state index in [0.717, 1.165) is 122 Å². The van der Waals surface area contributed by atoms with Gasteiger partial charge in [-0.15, -0.1) is 0 Å². The predicted molar refractivity (Wildman–Crippen MR) is 297 cm³/mol. The smallest absolute Gasteiger partial charge is 0.306 e. The lowest BCUT2D eigenvalue weighted by Gasteiger charge is -2.18. The van der Waals surface area contributed by atoms with Crippen LogP contribution < -0.4 is 0 Å². The third-order valence-corrected chi connectivity index (χ3v) is 11.8. The summed E-state index contributed by atoms with van der Waals surface area (Å²) in [4.78, 5) is 38.1. The number of carbonyl (C=O) groups is 3. The minimum absolute atomic E-state index is 0.102. The Balaban J connectivity index is 4.51. The van der Waals surface area contributed by atoms with Gasteiger partial charge in [0.25, 0.3) is 0 Å². The normalized spacial score (nSPS) is 12.9. The van der Waals surface area contributed by atoms with Crippen molar-refractivity contribution in [2.24, 2.45) is 0 Å². The van der Waals surface area contributed by atoms with Gasteiger partial charge in [0.05, 0.1) is 0 Å². The van der Waals surface area contributed by atoms with Gasteiger partial charge in [0, 0.05) is 19.3 Å². The molecule has 0 bridgehead atoms. The van der Waals surface area contributed by atoms with Crippen LogP contribution in [-0.4, -0.2) is 37.2 Å². The topological polar surface area (TPSA) is 78.9 Å². The van der Waals surface area contributed by atoms with Crippen LogP contribution in [0.4, 0.5) is 0 Å². The molecule has 0 aliphatic carbocycles. The van der Waals surface area contributed by atoms with Crippen molar-refractivity contribution in [1.82, 2.24) is 0 Å². The van der Waals surface area contributed by atoms with Crippen LogP contribution in [0.3, 0.4) is 0 Å². The monoisotopic (exact) mass is 957 g/mol. The van der Waals surface area contributed by atoms with Crippen molar-refractivity contribution in [2.45, 2.75) is 258 Å². The quantitative estimate of drug-likeness (QED) is 0.0262. The molecular formula is C63H104O6. The van der Waals surface area contributed by atoms with Crippen molar-refractivity contribution in [3.63, 3.8) is 0 Å². The van der Waals surface area contributed by atoms with Crippen molar-refractivity contribution in [2.75, 3.05) is 13.2 Å². The highest BCUT2D eigenvalue weighted by Gasteiger charge is 2.19. The van der Waals surface area contributed by atoms with Gasteiger partial charge >= 0.3 is 17.9 Å². The van der Waals surface area contributed by atoms with E-state index in [-0.39, 0.29) is 37.5 Å². The highest BCUT2D eigenvalue weighted by atomic mass is 16.6. The lowest BCUT2D eigenvalue weighted by Crippen LogP contribution is -2.30. The molecule has 6 heteroatoms. The minimum atomic E-state index is -0.809. The molecule has 0 spiro atoms. The Kier molecular flexibility index (Phi) is 53.4. The molecule has 0 aromatic rings. The first-order valence-corrected chi connectivity index (χ1v) is 28.4. The number of carbonyl (C=O) groups excluding carboxylic acids is 3. The molecule has 392 valence electrons. The number of hydrogen-bond acceptors (Lipinski definition) is 6. The molecule has 0 radical (unpaired) electrons. The summed E-state index contributed by atoms with van der Waals surface area (Å²) in [6.07, 6.45) is 76.4. The predicted octanol–water partition coefficient (Wildman–Crippen LogP) is 19.1. The van der Waals surface area contributed by atoms with Crippen LogP contribution in [0.15, 0.2) is 109 Å². The van der Waals surface area contributed by atoms with Gasteiger partial charge in [-0.2, -0.15) is 0 Å². The molecule has 0 amide bonds. The third-order valence-electron chi connectivity index (χ3n) is 11.8. The molecule has 6 nitrogen and oxygen atoms in total. The molecule has 0 saturated carbocycles. The number of esters is 3. The van der Waals surface area contributed by atoms with Crippen LogP contribution in [0.2, 0.25) is 0 Å². The van der Waals surface area contributed by atoms with Crippen LogP contribution >= 0.6 is 0 Å². The van der Waals surface area contributed by atoms with Crippen LogP contribution in [0.25, 0.3) is 0 Å². The minimum Gasteiger partial charge on any atom is -0.462 e. The van der Waals surface area contributed by atoms with E-state index >= 15 is 0 Å². The summed E-state index contributed by atoms with van der Waals surface area (Å²) in [6, 6.07) is 0. The van der Waals surface area contributed by atoms with Gasteiger partial charge in [0.15, 0.2) is 6.10 Å². The van der Waals surface area contributed by atoms with Crippen molar-refractivity contribution in [1.29, 1.82) is 0 Å². The zero-order valence-corrected chi connectivity index (χ0v) is 44.8. The number of rotatable bonds is 50. The van der Waals surface area contributed by atoms with Crippen molar-refractivity contribution in [3.05, 3.63) is 109 Å². The first kappa shape index (κ1) is 65.1. The Bertz CT molecular complexity index is 1420.